The lowest BCUT2D eigenvalue weighted by Gasteiger charge is -2.14. The van der Waals surface area contributed by atoms with Crippen molar-refractivity contribution in [1.29, 1.82) is 0 Å². The normalized spacial score (nSPS) is 11.5. The Morgan fingerprint density at radius 2 is 1.54 bits per heavy atom. The van der Waals surface area contributed by atoms with Gasteiger partial charge in [0.1, 0.15) is 0 Å². The van der Waals surface area contributed by atoms with E-state index in [0.717, 1.165) is 16.7 Å². The van der Waals surface area contributed by atoms with E-state index in [1.54, 1.807) is 6.07 Å². The molecule has 0 unspecified atom stereocenters. The number of ketones is 1. The fourth-order valence-electron chi connectivity index (χ4n) is 2.56. The average Bonchev–Trinajstić information content (AvgIpc) is 2.67. The Kier molecular flexibility index (Phi) is 6.71. The lowest BCUT2D eigenvalue weighted by molar-refractivity contribution is -0.0258. The van der Waals surface area contributed by atoms with E-state index < -0.39 is 22.6 Å². The Morgan fingerprint density at radius 1 is 0.964 bits per heavy atom. The van der Waals surface area contributed by atoms with Crippen LogP contribution in [0.2, 0.25) is 0 Å². The Labute approximate surface area is 164 Å². The highest BCUT2D eigenvalue weighted by atomic mass is 32.2. The number of sulfonamides is 1. The molecular weight excluding hydrogens is 382 g/mol. The second-order valence-electron chi connectivity index (χ2n) is 6.37. The molecule has 150 valence electrons. The predicted octanol–water partition coefficient (Wildman–Crippen LogP) is 2.83. The van der Waals surface area contributed by atoms with Gasteiger partial charge in [0, 0.05) is 12.6 Å². The van der Waals surface area contributed by atoms with Crippen LogP contribution in [0.1, 0.15) is 37.4 Å². The van der Waals surface area contributed by atoms with E-state index in [1.807, 2.05) is 26.8 Å². The van der Waals surface area contributed by atoms with Crippen molar-refractivity contribution < 1.29 is 27.6 Å². The molecule has 0 radical (unpaired) electrons. The molecule has 2 aromatic carbocycles. The summed E-state index contributed by atoms with van der Waals surface area (Å²) >= 11 is 0. The molecule has 0 aliphatic heterocycles. The Balaban J connectivity index is 2.08. The summed E-state index contributed by atoms with van der Waals surface area (Å²) in [4.78, 5) is 29.2. The number of hydroxylamine groups is 1. The summed E-state index contributed by atoms with van der Waals surface area (Å²) in [5, 5.41) is 0. The van der Waals surface area contributed by atoms with Gasteiger partial charge in [-0.25, -0.2) is 13.2 Å². The van der Waals surface area contributed by atoms with Crippen LogP contribution in [0.3, 0.4) is 0 Å². The molecule has 2 aromatic rings. The fraction of sp³-hybridized carbons (Fsp3) is 0.300. The molecule has 0 bridgehead atoms. The number of nitrogens with zero attached hydrogens (tertiary/aromatic N) is 1. The van der Waals surface area contributed by atoms with Gasteiger partial charge >= 0.3 is 5.97 Å². The Hall–Kier alpha value is -2.55. The van der Waals surface area contributed by atoms with Crippen LogP contribution in [0.4, 0.5) is 0 Å². The van der Waals surface area contributed by atoms with Crippen LogP contribution in [-0.4, -0.2) is 45.4 Å². The molecule has 0 saturated carbocycles. The summed E-state index contributed by atoms with van der Waals surface area (Å²) in [6.45, 7) is 5.31. The van der Waals surface area contributed by atoms with Gasteiger partial charge in [-0.3, -0.25) is 9.63 Å². The molecular formula is C20H23NO6S. The van der Waals surface area contributed by atoms with E-state index in [0.29, 0.717) is 10.0 Å². The van der Waals surface area contributed by atoms with E-state index in [1.165, 1.54) is 38.4 Å². The molecule has 0 atom stereocenters. The molecule has 0 aromatic heterocycles. The summed E-state index contributed by atoms with van der Waals surface area (Å²) in [5.41, 5.74) is 3.54. The second-order valence-corrected chi connectivity index (χ2v) is 8.31. The molecule has 0 N–H and O–H groups in total. The van der Waals surface area contributed by atoms with Gasteiger partial charge in [-0.15, -0.1) is 0 Å². The topological polar surface area (TPSA) is 90.0 Å². The van der Waals surface area contributed by atoms with Gasteiger partial charge in [-0.2, -0.15) is 0 Å². The number of Topliss-reactive ketones (excluding diaryl/α,β-unsaturated/α-hetero) is 1. The number of hydrogen-bond donors (Lipinski definition) is 0. The van der Waals surface area contributed by atoms with E-state index in [2.05, 4.69) is 0 Å². The maximum absolute atomic E-state index is 12.4. The van der Waals surface area contributed by atoms with Crippen molar-refractivity contribution in [1.82, 2.24) is 4.47 Å². The largest absolute Gasteiger partial charge is 0.454 e. The van der Waals surface area contributed by atoms with Crippen molar-refractivity contribution in [3.63, 3.8) is 0 Å². The van der Waals surface area contributed by atoms with Crippen LogP contribution in [0, 0.1) is 20.8 Å². The van der Waals surface area contributed by atoms with Crippen LogP contribution in [-0.2, 0) is 19.6 Å². The van der Waals surface area contributed by atoms with Crippen LogP contribution in [0.25, 0.3) is 0 Å². The number of carbonyl (C=O) groups excluding carboxylic acids is 2. The lowest BCUT2D eigenvalue weighted by atomic mass is 9.98. The van der Waals surface area contributed by atoms with Gasteiger partial charge in [0.15, 0.2) is 6.61 Å². The highest BCUT2D eigenvalue weighted by molar-refractivity contribution is 7.89. The standard InChI is InChI=1S/C20H23NO6S/c1-13-10-15(3)18(11-14(13)2)19(22)12-27-20(23)16-6-8-17(9-7-16)28(24,25)21(4)26-5/h6-11H,12H2,1-5H3. The minimum Gasteiger partial charge on any atom is -0.454 e. The van der Waals surface area contributed by atoms with Crippen LogP contribution >= 0.6 is 0 Å². The van der Waals surface area contributed by atoms with E-state index >= 15 is 0 Å². The third-order valence-corrected chi connectivity index (χ3v) is 6.15. The van der Waals surface area contributed by atoms with Gasteiger partial charge in [0.2, 0.25) is 5.78 Å². The number of carbonyl (C=O) groups is 2. The first-order valence-corrected chi connectivity index (χ1v) is 9.93. The summed E-state index contributed by atoms with van der Waals surface area (Å²) in [6.07, 6.45) is 0. The average molecular weight is 405 g/mol. The van der Waals surface area contributed by atoms with Crippen molar-refractivity contribution in [3.05, 3.63) is 64.2 Å². The van der Waals surface area contributed by atoms with Crippen LogP contribution in [0.15, 0.2) is 41.3 Å². The number of ether oxygens (including phenoxy) is 1. The zero-order valence-electron chi connectivity index (χ0n) is 16.5. The number of hydrogen-bond acceptors (Lipinski definition) is 6. The quantitative estimate of drug-likeness (QED) is 0.400. The van der Waals surface area contributed by atoms with Crippen molar-refractivity contribution in [2.75, 3.05) is 20.8 Å². The van der Waals surface area contributed by atoms with E-state index in [9.17, 15) is 18.0 Å². The fourth-order valence-corrected chi connectivity index (χ4v) is 3.54. The molecule has 0 saturated heterocycles. The molecule has 0 amide bonds. The lowest BCUT2D eigenvalue weighted by Crippen LogP contribution is -2.25. The van der Waals surface area contributed by atoms with Crippen LogP contribution < -0.4 is 0 Å². The zero-order valence-corrected chi connectivity index (χ0v) is 17.3. The molecule has 8 heteroatoms. The monoisotopic (exact) mass is 405 g/mol. The van der Waals surface area contributed by atoms with E-state index in [-0.39, 0.29) is 16.2 Å². The summed E-state index contributed by atoms with van der Waals surface area (Å²) in [7, 11) is -1.31. The van der Waals surface area contributed by atoms with Crippen molar-refractivity contribution in [2.24, 2.45) is 0 Å². The molecule has 28 heavy (non-hydrogen) atoms. The van der Waals surface area contributed by atoms with E-state index in [4.69, 9.17) is 9.57 Å². The first kappa shape index (κ1) is 21.7. The van der Waals surface area contributed by atoms with Crippen molar-refractivity contribution >= 4 is 21.8 Å². The minimum absolute atomic E-state index is 0.0322. The SMILES string of the molecule is CON(C)S(=O)(=O)c1ccc(C(=O)OCC(=O)c2cc(C)c(C)cc2C)cc1. The third kappa shape index (κ3) is 4.64. The number of rotatable bonds is 7. The smallest absolute Gasteiger partial charge is 0.338 e. The first-order chi connectivity index (χ1) is 13.1. The third-order valence-electron chi connectivity index (χ3n) is 4.46. The maximum atomic E-state index is 12.4. The van der Waals surface area contributed by atoms with Crippen LogP contribution in [0.5, 0.6) is 0 Å². The van der Waals surface area contributed by atoms with Gasteiger partial charge in [0.25, 0.3) is 10.0 Å². The molecule has 0 spiro atoms. The molecule has 0 fully saturated rings. The van der Waals surface area contributed by atoms with Gasteiger partial charge < -0.3 is 4.74 Å². The summed E-state index contributed by atoms with van der Waals surface area (Å²) < 4.78 is 30.1. The minimum atomic E-state index is -3.80. The van der Waals surface area contributed by atoms with Crippen molar-refractivity contribution in [3.8, 4) is 0 Å². The zero-order chi connectivity index (χ0) is 21.1. The number of benzene rings is 2. The molecule has 0 aliphatic rings. The Morgan fingerprint density at radius 3 is 2.11 bits per heavy atom. The molecule has 7 nitrogen and oxygen atoms in total. The molecule has 0 aliphatic carbocycles. The molecule has 2 rings (SSSR count). The van der Waals surface area contributed by atoms with Gasteiger partial charge in [-0.05, 0) is 67.8 Å². The number of aryl methyl sites for hydroxylation is 3. The van der Waals surface area contributed by atoms with Gasteiger partial charge in [0.05, 0.1) is 17.6 Å². The highest BCUT2D eigenvalue weighted by Crippen LogP contribution is 2.17. The Bertz CT molecular complexity index is 996. The first-order valence-electron chi connectivity index (χ1n) is 8.49. The van der Waals surface area contributed by atoms with Crippen molar-refractivity contribution in [2.45, 2.75) is 25.7 Å². The van der Waals surface area contributed by atoms with Gasteiger partial charge in [-0.1, -0.05) is 10.5 Å². The summed E-state index contributed by atoms with van der Waals surface area (Å²) in [5.74, 6) is -1.01. The highest BCUT2D eigenvalue weighted by Gasteiger charge is 2.21. The second kappa shape index (κ2) is 8.64. The molecule has 0 heterocycles. The number of esters is 1. The summed E-state index contributed by atoms with van der Waals surface area (Å²) in [6, 6.07) is 8.90. The maximum Gasteiger partial charge on any atom is 0.338 e. The predicted molar refractivity (Wildman–Crippen MR) is 104 cm³/mol.